The minimum absolute atomic E-state index is 0.198. The summed E-state index contributed by atoms with van der Waals surface area (Å²) in [6, 6.07) is 2.06. The first-order valence-electron chi connectivity index (χ1n) is 8.79. The van der Waals surface area contributed by atoms with Gasteiger partial charge in [0, 0.05) is 38.3 Å². The predicted octanol–water partition coefficient (Wildman–Crippen LogP) is 0.498. The first-order valence-corrected chi connectivity index (χ1v) is 8.79. The van der Waals surface area contributed by atoms with Gasteiger partial charge in [-0.3, -0.25) is 9.48 Å². The van der Waals surface area contributed by atoms with Crippen LogP contribution in [0.1, 0.15) is 24.2 Å². The van der Waals surface area contributed by atoms with E-state index in [1.165, 1.54) is 0 Å². The van der Waals surface area contributed by atoms with Gasteiger partial charge in [-0.2, -0.15) is 5.10 Å². The zero-order valence-corrected chi connectivity index (χ0v) is 14.7. The molecule has 134 valence electrons. The Morgan fingerprint density at radius 3 is 3.08 bits per heavy atom. The summed E-state index contributed by atoms with van der Waals surface area (Å²) in [7, 11) is 0. The molecule has 1 spiro atoms. The molecule has 2 saturated heterocycles. The Kier molecular flexibility index (Phi) is 5.53. The van der Waals surface area contributed by atoms with Gasteiger partial charge in [0.2, 0.25) is 5.91 Å². The Hall–Kier alpha value is -1.44. The molecule has 1 atom stereocenters. The third-order valence-electron chi connectivity index (χ3n) is 4.70. The second kappa shape index (κ2) is 7.63. The fraction of sp³-hybridized carbons (Fsp3) is 0.765. The first kappa shape index (κ1) is 17.4. The SMILES string of the molecule is Cc1cc(C)n(CCCC(=O)N2CCOC3(CNCCOC3)C2)n1. The van der Waals surface area contributed by atoms with E-state index in [2.05, 4.69) is 16.5 Å². The van der Waals surface area contributed by atoms with Crippen LogP contribution in [0.2, 0.25) is 0 Å². The van der Waals surface area contributed by atoms with Crippen LogP contribution < -0.4 is 5.32 Å². The molecular formula is C17H28N4O3. The standard InChI is InChI=1S/C17H28N4O3/c1-14-10-15(2)21(19-14)6-3-4-16(22)20-7-9-24-17(12-20)11-18-5-8-23-13-17/h10,18H,3-9,11-13H2,1-2H3. The van der Waals surface area contributed by atoms with Crippen molar-refractivity contribution in [2.24, 2.45) is 0 Å². The maximum Gasteiger partial charge on any atom is 0.222 e. The molecule has 2 fully saturated rings. The number of carbonyl (C=O) groups excluding carboxylic acids is 1. The molecule has 1 unspecified atom stereocenters. The number of hydrogen-bond acceptors (Lipinski definition) is 5. The quantitative estimate of drug-likeness (QED) is 0.867. The monoisotopic (exact) mass is 336 g/mol. The van der Waals surface area contributed by atoms with Gasteiger partial charge in [0.15, 0.2) is 0 Å². The largest absolute Gasteiger partial charge is 0.377 e. The Morgan fingerprint density at radius 2 is 2.29 bits per heavy atom. The van der Waals surface area contributed by atoms with E-state index in [-0.39, 0.29) is 11.5 Å². The highest BCUT2D eigenvalue weighted by molar-refractivity contribution is 5.76. The van der Waals surface area contributed by atoms with E-state index in [0.29, 0.717) is 39.3 Å². The number of ether oxygens (including phenoxy) is 2. The van der Waals surface area contributed by atoms with E-state index in [4.69, 9.17) is 9.47 Å². The van der Waals surface area contributed by atoms with Crippen LogP contribution in [0.4, 0.5) is 0 Å². The molecule has 7 nitrogen and oxygen atoms in total. The molecule has 1 aromatic rings. The lowest BCUT2D eigenvalue weighted by Gasteiger charge is -2.41. The highest BCUT2D eigenvalue weighted by atomic mass is 16.5. The number of rotatable bonds is 4. The molecule has 3 heterocycles. The Labute approximate surface area is 143 Å². The molecule has 0 aliphatic carbocycles. The van der Waals surface area contributed by atoms with Crippen molar-refractivity contribution in [2.45, 2.75) is 38.8 Å². The van der Waals surface area contributed by atoms with Crippen LogP contribution in [-0.2, 0) is 20.8 Å². The van der Waals surface area contributed by atoms with Crippen molar-refractivity contribution in [3.8, 4) is 0 Å². The van der Waals surface area contributed by atoms with Gasteiger partial charge in [-0.15, -0.1) is 0 Å². The highest BCUT2D eigenvalue weighted by Crippen LogP contribution is 2.20. The number of morpholine rings is 1. The van der Waals surface area contributed by atoms with Crippen molar-refractivity contribution in [1.29, 1.82) is 0 Å². The minimum atomic E-state index is -0.389. The second-order valence-electron chi connectivity index (χ2n) is 6.83. The number of amides is 1. The molecule has 0 bridgehead atoms. The van der Waals surface area contributed by atoms with Crippen LogP contribution in [-0.4, -0.2) is 72.2 Å². The Balaban J connectivity index is 1.50. The van der Waals surface area contributed by atoms with Crippen LogP contribution in [0.15, 0.2) is 6.07 Å². The summed E-state index contributed by atoms with van der Waals surface area (Å²) < 4.78 is 13.6. The maximum absolute atomic E-state index is 12.6. The number of carbonyl (C=O) groups is 1. The average Bonchev–Trinajstić information content (AvgIpc) is 2.74. The van der Waals surface area contributed by atoms with E-state index < -0.39 is 0 Å². The topological polar surface area (TPSA) is 68.6 Å². The summed E-state index contributed by atoms with van der Waals surface area (Å²) in [6.07, 6.45) is 1.35. The van der Waals surface area contributed by atoms with Crippen LogP contribution in [0, 0.1) is 13.8 Å². The summed E-state index contributed by atoms with van der Waals surface area (Å²) >= 11 is 0. The number of aromatic nitrogens is 2. The highest BCUT2D eigenvalue weighted by Gasteiger charge is 2.39. The van der Waals surface area contributed by atoms with Gasteiger partial charge >= 0.3 is 0 Å². The molecule has 3 rings (SSSR count). The van der Waals surface area contributed by atoms with Crippen LogP contribution >= 0.6 is 0 Å². The van der Waals surface area contributed by atoms with Gasteiger partial charge in [-0.25, -0.2) is 0 Å². The smallest absolute Gasteiger partial charge is 0.222 e. The first-order chi connectivity index (χ1) is 11.6. The van der Waals surface area contributed by atoms with Crippen LogP contribution in [0.5, 0.6) is 0 Å². The molecule has 0 aromatic carbocycles. The van der Waals surface area contributed by atoms with Gasteiger partial charge in [0.05, 0.1) is 32.1 Å². The summed E-state index contributed by atoms with van der Waals surface area (Å²) in [5, 5.41) is 7.79. The molecular weight excluding hydrogens is 308 g/mol. The van der Waals surface area contributed by atoms with Gasteiger partial charge < -0.3 is 19.7 Å². The van der Waals surface area contributed by atoms with Crippen LogP contribution in [0.25, 0.3) is 0 Å². The summed E-state index contributed by atoms with van der Waals surface area (Å²) in [5.74, 6) is 0.198. The molecule has 1 N–H and O–H groups in total. The number of nitrogens with one attached hydrogen (secondary N) is 1. The zero-order chi connectivity index (χ0) is 17.0. The lowest BCUT2D eigenvalue weighted by atomic mass is 10.0. The molecule has 0 radical (unpaired) electrons. The number of nitrogens with zero attached hydrogens (tertiary/aromatic N) is 3. The molecule has 7 heteroatoms. The summed E-state index contributed by atoms with van der Waals surface area (Å²) in [4.78, 5) is 14.5. The third kappa shape index (κ3) is 4.15. The van der Waals surface area contributed by atoms with Gasteiger partial charge in [0.1, 0.15) is 5.60 Å². The van der Waals surface area contributed by atoms with E-state index in [0.717, 1.165) is 37.4 Å². The predicted molar refractivity (Wildman–Crippen MR) is 89.9 cm³/mol. The van der Waals surface area contributed by atoms with Crippen molar-refractivity contribution >= 4 is 5.91 Å². The number of hydrogen-bond donors (Lipinski definition) is 1. The van der Waals surface area contributed by atoms with Gasteiger partial charge in [0.25, 0.3) is 0 Å². The van der Waals surface area contributed by atoms with Crippen molar-refractivity contribution in [3.63, 3.8) is 0 Å². The summed E-state index contributed by atoms with van der Waals surface area (Å²) in [6.45, 7) is 9.50. The zero-order valence-electron chi connectivity index (χ0n) is 14.7. The Bertz CT molecular complexity index is 564. The van der Waals surface area contributed by atoms with E-state index in [1.54, 1.807) is 0 Å². The lowest BCUT2D eigenvalue weighted by Crippen LogP contribution is -2.59. The maximum atomic E-state index is 12.6. The molecule has 1 amide bonds. The Morgan fingerprint density at radius 1 is 1.42 bits per heavy atom. The van der Waals surface area contributed by atoms with Crippen molar-refractivity contribution in [2.75, 3.05) is 46.0 Å². The fourth-order valence-electron chi connectivity index (χ4n) is 3.46. The van der Waals surface area contributed by atoms with E-state index in [1.807, 2.05) is 23.4 Å². The van der Waals surface area contributed by atoms with E-state index in [9.17, 15) is 4.79 Å². The molecule has 2 aliphatic heterocycles. The lowest BCUT2D eigenvalue weighted by molar-refractivity contribution is -0.158. The fourth-order valence-corrected chi connectivity index (χ4v) is 3.46. The van der Waals surface area contributed by atoms with Crippen molar-refractivity contribution < 1.29 is 14.3 Å². The van der Waals surface area contributed by atoms with Crippen molar-refractivity contribution in [3.05, 3.63) is 17.5 Å². The average molecular weight is 336 g/mol. The molecule has 24 heavy (non-hydrogen) atoms. The van der Waals surface area contributed by atoms with Gasteiger partial charge in [-0.1, -0.05) is 0 Å². The van der Waals surface area contributed by atoms with E-state index >= 15 is 0 Å². The third-order valence-corrected chi connectivity index (χ3v) is 4.70. The van der Waals surface area contributed by atoms with Gasteiger partial charge in [-0.05, 0) is 26.3 Å². The summed E-state index contributed by atoms with van der Waals surface area (Å²) in [5.41, 5.74) is 1.78. The minimum Gasteiger partial charge on any atom is -0.377 e. The molecule has 1 aromatic heterocycles. The molecule has 2 aliphatic rings. The number of aryl methyl sites for hydroxylation is 3. The van der Waals surface area contributed by atoms with Crippen molar-refractivity contribution in [1.82, 2.24) is 20.0 Å². The molecule has 0 saturated carbocycles. The second-order valence-corrected chi connectivity index (χ2v) is 6.83. The normalized spacial score (nSPS) is 25.0. The van der Waals surface area contributed by atoms with Crippen LogP contribution in [0.3, 0.4) is 0 Å².